The lowest BCUT2D eigenvalue weighted by atomic mass is 9.96. The van der Waals surface area contributed by atoms with Crippen LogP contribution in [0.25, 0.3) is 0 Å². The second kappa shape index (κ2) is 5.61. The van der Waals surface area contributed by atoms with E-state index in [1.165, 1.54) is 0 Å². The van der Waals surface area contributed by atoms with Gasteiger partial charge in [0.25, 0.3) is 5.91 Å². The number of amides is 1. The summed E-state index contributed by atoms with van der Waals surface area (Å²) in [6.45, 7) is 5.98. The molecule has 1 heterocycles. The second-order valence-corrected chi connectivity index (χ2v) is 5.10. The molecule has 1 aromatic carbocycles. The van der Waals surface area contributed by atoms with E-state index in [0.717, 1.165) is 5.56 Å². The van der Waals surface area contributed by atoms with E-state index >= 15 is 0 Å². The van der Waals surface area contributed by atoms with Gasteiger partial charge in [-0.15, -0.1) is 0 Å². The summed E-state index contributed by atoms with van der Waals surface area (Å²) in [5.74, 6) is 0.800. The van der Waals surface area contributed by atoms with E-state index < -0.39 is 0 Å². The molecule has 2 rings (SSSR count). The zero-order valence-electron chi connectivity index (χ0n) is 11.6. The Bertz CT molecular complexity index is 468. The van der Waals surface area contributed by atoms with E-state index in [1.54, 1.807) is 6.07 Å². The lowest BCUT2D eigenvalue weighted by molar-refractivity contribution is 0.0910. The van der Waals surface area contributed by atoms with Gasteiger partial charge in [-0.05, 0) is 19.4 Å². The highest BCUT2D eigenvalue weighted by molar-refractivity contribution is 5.97. The smallest absolute Gasteiger partial charge is 0.255 e. The molecule has 0 radical (unpaired) electrons. The molecule has 4 heteroatoms. The van der Waals surface area contributed by atoms with Crippen LogP contribution in [0.1, 0.15) is 49.0 Å². The van der Waals surface area contributed by atoms with Gasteiger partial charge in [-0.25, -0.2) is 0 Å². The lowest BCUT2D eigenvalue weighted by Gasteiger charge is -2.15. The molecule has 0 aromatic heterocycles. The monoisotopic (exact) mass is 263 g/mol. The van der Waals surface area contributed by atoms with Gasteiger partial charge >= 0.3 is 0 Å². The van der Waals surface area contributed by atoms with E-state index in [9.17, 15) is 4.79 Å². The van der Waals surface area contributed by atoms with E-state index in [-0.39, 0.29) is 24.7 Å². The van der Waals surface area contributed by atoms with Crippen LogP contribution in [0.3, 0.4) is 0 Å². The van der Waals surface area contributed by atoms with Crippen molar-refractivity contribution in [3.63, 3.8) is 0 Å². The van der Waals surface area contributed by atoms with E-state index in [2.05, 4.69) is 12.2 Å². The van der Waals surface area contributed by atoms with Gasteiger partial charge in [0.1, 0.15) is 11.9 Å². The van der Waals surface area contributed by atoms with Crippen molar-refractivity contribution < 1.29 is 14.6 Å². The number of aliphatic hydroxyl groups excluding tert-OH is 1. The molecular weight excluding hydrogens is 242 g/mol. The first kappa shape index (κ1) is 13.9. The quantitative estimate of drug-likeness (QED) is 0.874. The Hall–Kier alpha value is -1.55. The van der Waals surface area contributed by atoms with Gasteiger partial charge in [0.2, 0.25) is 0 Å². The third-order valence-corrected chi connectivity index (χ3v) is 3.84. The molecule has 4 nitrogen and oxygen atoms in total. The number of carbonyl (C=O) groups is 1. The first-order chi connectivity index (χ1) is 9.08. The molecule has 2 N–H and O–H groups in total. The molecule has 1 aliphatic heterocycles. The van der Waals surface area contributed by atoms with Crippen molar-refractivity contribution in [2.45, 2.75) is 45.3 Å². The predicted octanol–water partition coefficient (Wildman–Crippen LogP) is 2.07. The van der Waals surface area contributed by atoms with Gasteiger partial charge in [-0.3, -0.25) is 4.79 Å². The van der Waals surface area contributed by atoms with Crippen molar-refractivity contribution in [1.82, 2.24) is 5.32 Å². The largest absolute Gasteiger partial charge is 0.489 e. The van der Waals surface area contributed by atoms with Crippen molar-refractivity contribution in [2.24, 2.45) is 0 Å². The lowest BCUT2D eigenvalue weighted by Crippen LogP contribution is -2.37. The third-order valence-electron chi connectivity index (χ3n) is 3.84. The number of nitrogens with one attached hydrogen (secondary N) is 1. The first-order valence-corrected chi connectivity index (χ1v) is 6.79. The third kappa shape index (κ3) is 2.59. The van der Waals surface area contributed by atoms with Crippen LogP contribution in [0, 0.1) is 0 Å². The summed E-state index contributed by atoms with van der Waals surface area (Å²) in [6, 6.07) is 5.44. The summed E-state index contributed by atoms with van der Waals surface area (Å²) in [4.78, 5) is 12.2. The van der Waals surface area contributed by atoms with E-state index in [4.69, 9.17) is 9.84 Å². The summed E-state index contributed by atoms with van der Waals surface area (Å²) in [7, 11) is 0. The fourth-order valence-electron chi connectivity index (χ4n) is 2.30. The minimum atomic E-state index is -0.209. The van der Waals surface area contributed by atoms with Gasteiger partial charge in [0.15, 0.2) is 0 Å². The summed E-state index contributed by atoms with van der Waals surface area (Å²) in [6.07, 6.45) is 0.786. The Labute approximate surface area is 113 Å². The van der Waals surface area contributed by atoms with Crippen LogP contribution in [0.2, 0.25) is 0 Å². The van der Waals surface area contributed by atoms with Crippen molar-refractivity contribution >= 4 is 5.91 Å². The molecule has 0 bridgehead atoms. The highest BCUT2D eigenvalue weighted by Crippen LogP contribution is 2.40. The maximum absolute atomic E-state index is 12.2. The number of fused-ring (bicyclic) bond motifs is 1. The van der Waals surface area contributed by atoms with Gasteiger partial charge < -0.3 is 15.2 Å². The molecule has 3 atom stereocenters. The Morgan fingerprint density at radius 3 is 2.84 bits per heavy atom. The van der Waals surface area contributed by atoms with Crippen LogP contribution in [-0.4, -0.2) is 29.8 Å². The Morgan fingerprint density at radius 1 is 1.47 bits per heavy atom. The Morgan fingerprint density at radius 2 is 2.21 bits per heavy atom. The van der Waals surface area contributed by atoms with Crippen LogP contribution < -0.4 is 10.1 Å². The van der Waals surface area contributed by atoms with E-state index in [1.807, 2.05) is 26.0 Å². The number of aliphatic hydroxyl groups is 1. The maximum atomic E-state index is 12.2. The zero-order valence-corrected chi connectivity index (χ0v) is 11.6. The van der Waals surface area contributed by atoms with Crippen molar-refractivity contribution in [2.75, 3.05) is 6.61 Å². The Kier molecular flexibility index (Phi) is 4.10. The minimum Gasteiger partial charge on any atom is -0.489 e. The molecule has 2 unspecified atom stereocenters. The fraction of sp³-hybridized carbons (Fsp3) is 0.533. The van der Waals surface area contributed by atoms with Gasteiger partial charge in [0.05, 0.1) is 18.2 Å². The van der Waals surface area contributed by atoms with Gasteiger partial charge in [-0.2, -0.15) is 0 Å². The average molecular weight is 263 g/mol. The van der Waals surface area contributed by atoms with Crippen LogP contribution in [0.15, 0.2) is 18.2 Å². The van der Waals surface area contributed by atoms with Crippen LogP contribution in [0.5, 0.6) is 5.75 Å². The van der Waals surface area contributed by atoms with Crippen LogP contribution in [0.4, 0.5) is 0 Å². The predicted molar refractivity (Wildman–Crippen MR) is 73.6 cm³/mol. The van der Waals surface area contributed by atoms with Gasteiger partial charge in [0, 0.05) is 11.5 Å². The minimum absolute atomic E-state index is 0.0507. The molecule has 1 aliphatic rings. The number of rotatable bonds is 4. The molecule has 1 amide bonds. The van der Waals surface area contributed by atoms with Crippen molar-refractivity contribution in [3.8, 4) is 5.75 Å². The second-order valence-electron chi connectivity index (χ2n) is 5.10. The normalized spacial score (nSPS) is 22.5. The zero-order chi connectivity index (χ0) is 14.0. The van der Waals surface area contributed by atoms with Crippen LogP contribution >= 0.6 is 0 Å². The summed E-state index contributed by atoms with van der Waals surface area (Å²) < 4.78 is 5.80. The fourth-order valence-corrected chi connectivity index (χ4v) is 2.30. The molecule has 0 aliphatic carbocycles. The topological polar surface area (TPSA) is 58.6 Å². The number of hydrogen-bond acceptors (Lipinski definition) is 3. The molecule has 0 spiro atoms. The molecule has 0 saturated heterocycles. The number of para-hydroxylation sites is 1. The van der Waals surface area contributed by atoms with Crippen molar-refractivity contribution in [3.05, 3.63) is 29.3 Å². The summed E-state index contributed by atoms with van der Waals surface area (Å²) in [5.41, 5.74) is 1.64. The molecule has 0 fully saturated rings. The highest BCUT2D eigenvalue weighted by Gasteiger charge is 2.31. The molecular formula is C15H21NO3. The molecule has 19 heavy (non-hydrogen) atoms. The van der Waals surface area contributed by atoms with Crippen molar-refractivity contribution in [1.29, 1.82) is 0 Å². The van der Waals surface area contributed by atoms with Crippen LogP contribution in [-0.2, 0) is 0 Å². The first-order valence-electron chi connectivity index (χ1n) is 6.79. The number of hydrogen-bond donors (Lipinski definition) is 2. The number of ether oxygens (including phenoxy) is 1. The highest BCUT2D eigenvalue weighted by atomic mass is 16.5. The molecule has 1 aromatic rings. The standard InChI is InChI=1S/C15H21NO3/c1-4-11(8-17)16-15(18)13-7-5-6-12-9(2)10(3)19-14(12)13/h5-7,9-11,17H,4,8H2,1-3H3,(H,16,18)/t9?,10?,11-/m0/s1. The molecule has 104 valence electrons. The van der Waals surface area contributed by atoms with Gasteiger partial charge in [-0.1, -0.05) is 26.0 Å². The SMILES string of the molecule is CC[C@@H](CO)NC(=O)c1cccc2c1OC(C)C2C. The Balaban J connectivity index is 2.25. The molecule has 0 saturated carbocycles. The summed E-state index contributed by atoms with van der Waals surface area (Å²) in [5, 5.41) is 12.0. The maximum Gasteiger partial charge on any atom is 0.255 e. The van der Waals surface area contributed by atoms with E-state index in [0.29, 0.717) is 23.7 Å². The number of carbonyl (C=O) groups excluding carboxylic acids is 1. The average Bonchev–Trinajstić information content (AvgIpc) is 2.71. The number of benzene rings is 1. The summed E-state index contributed by atoms with van der Waals surface area (Å²) >= 11 is 0.